The maximum atomic E-state index is 12.2. The lowest BCUT2D eigenvalue weighted by Crippen LogP contribution is -2.50. The van der Waals surface area contributed by atoms with Gasteiger partial charge in [-0.3, -0.25) is 4.79 Å². The minimum atomic E-state index is -0.799. The SMILES string of the molecule is COCCOc1cccc(NC(=O)C(C)(N)C2CC2)c1. The molecule has 1 aromatic carbocycles. The number of hydrogen-bond acceptors (Lipinski definition) is 4. The number of amides is 1. The summed E-state index contributed by atoms with van der Waals surface area (Å²) in [6.45, 7) is 2.79. The van der Waals surface area contributed by atoms with E-state index in [9.17, 15) is 4.79 Å². The lowest BCUT2D eigenvalue weighted by Gasteiger charge is -2.23. The van der Waals surface area contributed by atoms with Crippen molar-refractivity contribution in [3.63, 3.8) is 0 Å². The second-order valence-corrected chi connectivity index (χ2v) is 5.38. The molecular weight excluding hydrogens is 256 g/mol. The van der Waals surface area contributed by atoms with Gasteiger partial charge in [0.15, 0.2) is 0 Å². The van der Waals surface area contributed by atoms with Crippen molar-refractivity contribution in [3.05, 3.63) is 24.3 Å². The normalized spacial score (nSPS) is 17.4. The molecule has 20 heavy (non-hydrogen) atoms. The van der Waals surface area contributed by atoms with Crippen molar-refractivity contribution in [1.82, 2.24) is 0 Å². The third-order valence-electron chi connectivity index (χ3n) is 3.56. The number of benzene rings is 1. The quantitative estimate of drug-likeness (QED) is 0.746. The third kappa shape index (κ3) is 3.71. The molecule has 5 nitrogen and oxygen atoms in total. The average Bonchev–Trinajstić information content (AvgIpc) is 3.24. The van der Waals surface area contributed by atoms with Crippen LogP contribution in [0.1, 0.15) is 19.8 Å². The Morgan fingerprint density at radius 3 is 2.85 bits per heavy atom. The summed E-state index contributed by atoms with van der Waals surface area (Å²) >= 11 is 0. The zero-order chi connectivity index (χ0) is 14.6. The number of ether oxygens (including phenoxy) is 2. The fraction of sp³-hybridized carbons (Fsp3) is 0.533. The minimum Gasteiger partial charge on any atom is -0.491 e. The van der Waals surface area contributed by atoms with Crippen LogP contribution in [0.4, 0.5) is 5.69 Å². The molecule has 1 aliphatic carbocycles. The van der Waals surface area contributed by atoms with Crippen molar-refractivity contribution in [2.24, 2.45) is 11.7 Å². The molecule has 1 aliphatic rings. The smallest absolute Gasteiger partial charge is 0.244 e. The first-order valence-corrected chi connectivity index (χ1v) is 6.86. The number of hydrogen-bond donors (Lipinski definition) is 2. The molecule has 3 N–H and O–H groups in total. The molecule has 110 valence electrons. The van der Waals surface area contributed by atoms with Crippen LogP contribution >= 0.6 is 0 Å². The van der Waals surface area contributed by atoms with Crippen LogP contribution in [0.25, 0.3) is 0 Å². The van der Waals surface area contributed by atoms with Gasteiger partial charge in [-0.05, 0) is 37.8 Å². The van der Waals surface area contributed by atoms with E-state index in [1.807, 2.05) is 18.2 Å². The molecule has 1 fully saturated rings. The largest absolute Gasteiger partial charge is 0.491 e. The Balaban J connectivity index is 1.95. The highest BCUT2D eigenvalue weighted by atomic mass is 16.5. The fourth-order valence-electron chi connectivity index (χ4n) is 2.04. The van der Waals surface area contributed by atoms with Crippen molar-refractivity contribution < 1.29 is 14.3 Å². The summed E-state index contributed by atoms with van der Waals surface area (Å²) in [6, 6.07) is 7.29. The lowest BCUT2D eigenvalue weighted by atomic mass is 9.96. The highest BCUT2D eigenvalue weighted by molar-refractivity contribution is 5.98. The van der Waals surface area contributed by atoms with Gasteiger partial charge >= 0.3 is 0 Å². The summed E-state index contributed by atoms with van der Waals surface area (Å²) in [5, 5.41) is 2.86. The van der Waals surface area contributed by atoms with Crippen molar-refractivity contribution in [2.75, 3.05) is 25.6 Å². The van der Waals surface area contributed by atoms with E-state index in [1.165, 1.54) is 0 Å². The topological polar surface area (TPSA) is 73.6 Å². The second kappa shape index (κ2) is 6.24. The van der Waals surface area contributed by atoms with Crippen LogP contribution in [0.5, 0.6) is 5.75 Å². The molecule has 0 aliphatic heterocycles. The van der Waals surface area contributed by atoms with Gasteiger partial charge in [0.2, 0.25) is 5.91 Å². The maximum Gasteiger partial charge on any atom is 0.244 e. The second-order valence-electron chi connectivity index (χ2n) is 5.38. The van der Waals surface area contributed by atoms with Gasteiger partial charge in [-0.1, -0.05) is 6.07 Å². The number of nitrogens with two attached hydrogens (primary N) is 1. The highest BCUT2D eigenvalue weighted by Gasteiger charge is 2.44. The van der Waals surface area contributed by atoms with Gasteiger partial charge in [-0.2, -0.15) is 0 Å². The van der Waals surface area contributed by atoms with Crippen LogP contribution in [0.3, 0.4) is 0 Å². The summed E-state index contributed by atoms with van der Waals surface area (Å²) in [5.41, 5.74) is 5.99. The molecule has 5 heteroatoms. The summed E-state index contributed by atoms with van der Waals surface area (Å²) in [5.74, 6) is 0.850. The molecule has 1 atom stereocenters. The molecule has 0 saturated heterocycles. The number of methoxy groups -OCH3 is 1. The minimum absolute atomic E-state index is 0.144. The van der Waals surface area contributed by atoms with E-state index in [0.29, 0.717) is 30.6 Å². The maximum absolute atomic E-state index is 12.2. The van der Waals surface area contributed by atoms with Crippen LogP contribution in [-0.4, -0.2) is 31.8 Å². The van der Waals surface area contributed by atoms with Crippen molar-refractivity contribution >= 4 is 11.6 Å². The van der Waals surface area contributed by atoms with Crippen LogP contribution in [-0.2, 0) is 9.53 Å². The first-order chi connectivity index (χ1) is 9.54. The van der Waals surface area contributed by atoms with Gasteiger partial charge in [-0.15, -0.1) is 0 Å². The number of nitrogens with one attached hydrogen (secondary N) is 1. The molecule has 0 heterocycles. The Morgan fingerprint density at radius 2 is 2.20 bits per heavy atom. The monoisotopic (exact) mass is 278 g/mol. The van der Waals surface area contributed by atoms with E-state index in [0.717, 1.165) is 12.8 Å². The van der Waals surface area contributed by atoms with Crippen LogP contribution in [0.15, 0.2) is 24.3 Å². The Morgan fingerprint density at radius 1 is 1.45 bits per heavy atom. The number of rotatable bonds is 7. The fourth-order valence-corrected chi connectivity index (χ4v) is 2.04. The third-order valence-corrected chi connectivity index (χ3v) is 3.56. The Hall–Kier alpha value is -1.59. The molecule has 0 radical (unpaired) electrons. The van der Waals surface area contributed by atoms with Gasteiger partial charge in [0.25, 0.3) is 0 Å². The van der Waals surface area contributed by atoms with Crippen molar-refractivity contribution in [1.29, 1.82) is 0 Å². The van der Waals surface area contributed by atoms with Gasteiger partial charge < -0.3 is 20.5 Å². The predicted octanol–water partition coefficient (Wildman–Crippen LogP) is 1.78. The van der Waals surface area contributed by atoms with Crippen molar-refractivity contribution in [3.8, 4) is 5.75 Å². The first kappa shape index (κ1) is 14.8. The van der Waals surface area contributed by atoms with E-state index in [-0.39, 0.29) is 5.91 Å². The van der Waals surface area contributed by atoms with Gasteiger partial charge in [0.1, 0.15) is 12.4 Å². The molecule has 0 spiro atoms. The highest BCUT2D eigenvalue weighted by Crippen LogP contribution is 2.38. The van der Waals surface area contributed by atoms with Crippen molar-refractivity contribution in [2.45, 2.75) is 25.3 Å². The van der Waals surface area contributed by atoms with Gasteiger partial charge in [0.05, 0.1) is 12.1 Å². The van der Waals surface area contributed by atoms with Gasteiger partial charge in [-0.25, -0.2) is 0 Å². The first-order valence-electron chi connectivity index (χ1n) is 6.86. The Bertz CT molecular complexity index is 470. The summed E-state index contributed by atoms with van der Waals surface area (Å²) < 4.78 is 10.4. The molecule has 2 rings (SSSR count). The Labute approximate surface area is 119 Å². The number of carbonyl (C=O) groups excluding carboxylic acids is 1. The average molecular weight is 278 g/mol. The summed E-state index contributed by atoms with van der Waals surface area (Å²) in [6.07, 6.45) is 2.06. The molecule has 1 aromatic rings. The van der Waals surface area contributed by atoms with E-state index < -0.39 is 5.54 Å². The molecule has 1 unspecified atom stereocenters. The zero-order valence-electron chi connectivity index (χ0n) is 12.0. The predicted molar refractivity (Wildman–Crippen MR) is 77.8 cm³/mol. The molecule has 0 bridgehead atoms. The summed E-state index contributed by atoms with van der Waals surface area (Å²) in [7, 11) is 1.62. The van der Waals surface area contributed by atoms with Crippen LogP contribution in [0.2, 0.25) is 0 Å². The molecule has 0 aromatic heterocycles. The molecule has 1 amide bonds. The summed E-state index contributed by atoms with van der Waals surface area (Å²) in [4.78, 5) is 12.2. The van der Waals surface area contributed by atoms with Gasteiger partial charge in [0, 0.05) is 18.9 Å². The standard InChI is InChI=1S/C15H22N2O3/c1-15(16,11-6-7-11)14(18)17-12-4-3-5-13(10-12)20-9-8-19-2/h3-5,10-11H,6-9,16H2,1-2H3,(H,17,18). The number of carbonyl (C=O) groups is 1. The lowest BCUT2D eigenvalue weighted by molar-refractivity contribution is -0.121. The van der Waals surface area contributed by atoms with E-state index in [2.05, 4.69) is 5.32 Å². The van der Waals surface area contributed by atoms with E-state index in [4.69, 9.17) is 15.2 Å². The number of anilines is 1. The molecular formula is C15H22N2O3. The van der Waals surface area contributed by atoms with E-state index in [1.54, 1.807) is 20.1 Å². The van der Waals surface area contributed by atoms with E-state index >= 15 is 0 Å². The van der Waals surface area contributed by atoms with Crippen LogP contribution < -0.4 is 15.8 Å². The Kier molecular flexibility index (Phi) is 4.62. The van der Waals surface area contributed by atoms with Crippen LogP contribution in [0, 0.1) is 5.92 Å². The zero-order valence-corrected chi connectivity index (χ0v) is 12.0. The molecule has 1 saturated carbocycles.